The van der Waals surface area contributed by atoms with Crippen LogP contribution in [-0.2, 0) is 17.9 Å². The minimum Gasteiger partial charge on any atom is -0.492 e. The van der Waals surface area contributed by atoms with Gasteiger partial charge in [-0.2, -0.15) is 5.10 Å². The lowest BCUT2D eigenvalue weighted by atomic mass is 10.1. The monoisotopic (exact) mass is 298 g/mol. The van der Waals surface area contributed by atoms with Crippen molar-refractivity contribution in [3.8, 4) is 0 Å². The van der Waals surface area contributed by atoms with Crippen molar-refractivity contribution in [2.24, 2.45) is 5.92 Å². The quantitative estimate of drug-likeness (QED) is 0.704. The van der Waals surface area contributed by atoms with E-state index >= 15 is 0 Å². The van der Waals surface area contributed by atoms with Crippen molar-refractivity contribution in [2.75, 3.05) is 0 Å². The molecular weight excluding hydrogens is 272 g/mol. The van der Waals surface area contributed by atoms with Gasteiger partial charge in [0.1, 0.15) is 12.3 Å². The number of benzene rings is 1. The fourth-order valence-electron chi connectivity index (χ4n) is 2.70. The molecule has 3 rings (SSSR count). The number of ether oxygens (including phenoxy) is 1. The maximum atomic E-state index is 5.97. The summed E-state index contributed by atoms with van der Waals surface area (Å²) in [6, 6.07) is 6.60. The first-order chi connectivity index (χ1) is 10.6. The molecule has 0 atom stereocenters. The molecule has 1 aliphatic carbocycles. The first-order valence-corrected chi connectivity index (χ1v) is 8.33. The molecule has 0 amide bonds. The molecule has 0 N–H and O–H groups in total. The molecular formula is C19H26N2O. The standard InChI is InChI=1S/C19H26N2O/c1-5-14(3)15(4)22-12-18-17-10-13(2)6-9-19(17)21(20-18)11-16-7-8-16/h6,9-10,16H,5,7-8,11-12H2,1-4H3/b15-14-. The molecule has 1 fully saturated rings. The molecule has 0 radical (unpaired) electrons. The fraction of sp³-hybridized carbons (Fsp3) is 0.526. The van der Waals surface area contributed by atoms with Crippen LogP contribution in [0, 0.1) is 12.8 Å². The van der Waals surface area contributed by atoms with Gasteiger partial charge < -0.3 is 4.74 Å². The molecule has 1 aliphatic rings. The van der Waals surface area contributed by atoms with Crippen molar-refractivity contribution < 1.29 is 4.74 Å². The number of hydrogen-bond acceptors (Lipinski definition) is 2. The van der Waals surface area contributed by atoms with E-state index in [0.29, 0.717) is 6.61 Å². The molecule has 0 bridgehead atoms. The van der Waals surface area contributed by atoms with Crippen molar-refractivity contribution in [2.45, 2.75) is 60.1 Å². The Morgan fingerprint density at radius 1 is 1.32 bits per heavy atom. The van der Waals surface area contributed by atoms with E-state index in [9.17, 15) is 0 Å². The van der Waals surface area contributed by atoms with Gasteiger partial charge in [-0.25, -0.2) is 0 Å². The summed E-state index contributed by atoms with van der Waals surface area (Å²) in [6.07, 6.45) is 3.72. The smallest absolute Gasteiger partial charge is 0.132 e. The Balaban J connectivity index is 1.89. The number of rotatable bonds is 6. The summed E-state index contributed by atoms with van der Waals surface area (Å²) in [5.74, 6) is 1.85. The second kappa shape index (κ2) is 6.15. The van der Waals surface area contributed by atoms with E-state index in [4.69, 9.17) is 9.84 Å². The molecule has 0 unspecified atom stereocenters. The van der Waals surface area contributed by atoms with Gasteiger partial charge in [0.25, 0.3) is 0 Å². The SMILES string of the molecule is CC/C(C)=C(/C)OCc1nn(CC2CC2)c2ccc(C)cc12. The van der Waals surface area contributed by atoms with Gasteiger partial charge in [-0.1, -0.05) is 18.6 Å². The average Bonchev–Trinajstić information content (AvgIpc) is 3.26. The van der Waals surface area contributed by atoms with Crippen LogP contribution in [0.3, 0.4) is 0 Å². The highest BCUT2D eigenvalue weighted by Crippen LogP contribution is 2.32. The summed E-state index contributed by atoms with van der Waals surface area (Å²) in [5.41, 5.74) is 4.88. The molecule has 0 aliphatic heterocycles. The molecule has 118 valence electrons. The number of aromatic nitrogens is 2. The van der Waals surface area contributed by atoms with Gasteiger partial charge in [-0.3, -0.25) is 4.68 Å². The highest BCUT2D eigenvalue weighted by Gasteiger charge is 2.23. The first-order valence-electron chi connectivity index (χ1n) is 8.33. The lowest BCUT2D eigenvalue weighted by molar-refractivity contribution is 0.193. The summed E-state index contributed by atoms with van der Waals surface area (Å²) in [7, 11) is 0. The second-order valence-corrected chi connectivity index (χ2v) is 6.57. The minimum atomic E-state index is 0.556. The third-order valence-corrected chi connectivity index (χ3v) is 4.67. The first kappa shape index (κ1) is 15.1. The van der Waals surface area contributed by atoms with Crippen LogP contribution in [0.15, 0.2) is 29.5 Å². The Hall–Kier alpha value is -1.77. The van der Waals surface area contributed by atoms with Gasteiger partial charge in [-0.15, -0.1) is 0 Å². The molecule has 3 heteroatoms. The highest BCUT2D eigenvalue weighted by atomic mass is 16.5. The van der Waals surface area contributed by atoms with Crippen LogP contribution in [-0.4, -0.2) is 9.78 Å². The van der Waals surface area contributed by atoms with Crippen LogP contribution in [0.25, 0.3) is 10.9 Å². The number of fused-ring (bicyclic) bond motifs is 1. The summed E-state index contributed by atoms with van der Waals surface area (Å²) >= 11 is 0. The van der Waals surface area contributed by atoms with Gasteiger partial charge in [-0.05, 0) is 63.7 Å². The highest BCUT2D eigenvalue weighted by molar-refractivity contribution is 5.82. The minimum absolute atomic E-state index is 0.556. The fourth-order valence-corrected chi connectivity index (χ4v) is 2.70. The molecule has 1 saturated carbocycles. The molecule has 0 saturated heterocycles. The van der Waals surface area contributed by atoms with E-state index in [-0.39, 0.29) is 0 Å². The zero-order valence-corrected chi connectivity index (χ0v) is 14.1. The zero-order valence-electron chi connectivity index (χ0n) is 14.1. The average molecular weight is 298 g/mol. The van der Waals surface area contributed by atoms with Crippen LogP contribution in [0.1, 0.15) is 51.3 Å². The Kier molecular flexibility index (Phi) is 4.23. The van der Waals surface area contributed by atoms with Crippen molar-refractivity contribution in [1.29, 1.82) is 0 Å². The van der Waals surface area contributed by atoms with Crippen LogP contribution in [0.4, 0.5) is 0 Å². The second-order valence-electron chi connectivity index (χ2n) is 6.57. The van der Waals surface area contributed by atoms with Crippen LogP contribution < -0.4 is 0 Å². The van der Waals surface area contributed by atoms with Crippen LogP contribution in [0.5, 0.6) is 0 Å². The summed E-state index contributed by atoms with van der Waals surface area (Å²) < 4.78 is 8.14. The number of allylic oxidation sites excluding steroid dienone is 2. The van der Waals surface area contributed by atoms with E-state index in [2.05, 4.69) is 43.7 Å². The van der Waals surface area contributed by atoms with Gasteiger partial charge in [0.05, 0.1) is 11.3 Å². The van der Waals surface area contributed by atoms with E-state index in [0.717, 1.165) is 30.3 Å². The predicted molar refractivity (Wildman–Crippen MR) is 90.6 cm³/mol. The van der Waals surface area contributed by atoms with Crippen molar-refractivity contribution in [1.82, 2.24) is 9.78 Å². The van der Waals surface area contributed by atoms with E-state index in [1.807, 2.05) is 6.92 Å². The summed E-state index contributed by atoms with van der Waals surface area (Å²) in [6.45, 7) is 10.1. The molecule has 1 aromatic carbocycles. The van der Waals surface area contributed by atoms with Gasteiger partial charge in [0.15, 0.2) is 0 Å². The molecule has 2 aromatic rings. The maximum absolute atomic E-state index is 5.97. The lowest BCUT2D eigenvalue weighted by Gasteiger charge is -2.08. The third-order valence-electron chi connectivity index (χ3n) is 4.67. The molecule has 0 spiro atoms. The van der Waals surface area contributed by atoms with Gasteiger partial charge >= 0.3 is 0 Å². The molecule has 1 heterocycles. The van der Waals surface area contributed by atoms with Gasteiger partial charge in [0, 0.05) is 11.9 Å². The molecule has 3 nitrogen and oxygen atoms in total. The Labute approximate surface area is 133 Å². The van der Waals surface area contributed by atoms with Crippen LogP contribution >= 0.6 is 0 Å². The molecule has 1 aromatic heterocycles. The predicted octanol–water partition coefficient (Wildman–Crippen LogP) is 4.98. The lowest BCUT2D eigenvalue weighted by Crippen LogP contribution is -2.03. The number of aryl methyl sites for hydroxylation is 1. The maximum Gasteiger partial charge on any atom is 0.132 e. The molecule has 22 heavy (non-hydrogen) atoms. The third kappa shape index (κ3) is 3.18. The van der Waals surface area contributed by atoms with Crippen LogP contribution in [0.2, 0.25) is 0 Å². The largest absolute Gasteiger partial charge is 0.492 e. The Morgan fingerprint density at radius 3 is 2.77 bits per heavy atom. The number of nitrogens with zero attached hydrogens (tertiary/aromatic N) is 2. The zero-order chi connectivity index (χ0) is 15.7. The summed E-state index contributed by atoms with van der Waals surface area (Å²) in [4.78, 5) is 0. The van der Waals surface area contributed by atoms with E-state index in [1.54, 1.807) is 0 Å². The van der Waals surface area contributed by atoms with E-state index in [1.165, 1.54) is 34.9 Å². The topological polar surface area (TPSA) is 27.1 Å². The number of hydrogen-bond donors (Lipinski definition) is 0. The van der Waals surface area contributed by atoms with E-state index < -0.39 is 0 Å². The Morgan fingerprint density at radius 2 is 2.09 bits per heavy atom. The van der Waals surface area contributed by atoms with Crippen molar-refractivity contribution in [3.05, 3.63) is 40.8 Å². The Bertz CT molecular complexity index is 708. The van der Waals surface area contributed by atoms with Crippen molar-refractivity contribution in [3.63, 3.8) is 0 Å². The normalized spacial score (nSPS) is 16.0. The summed E-state index contributed by atoms with van der Waals surface area (Å²) in [5, 5.41) is 6.08. The van der Waals surface area contributed by atoms with Crippen molar-refractivity contribution >= 4 is 10.9 Å². The van der Waals surface area contributed by atoms with Gasteiger partial charge in [0.2, 0.25) is 0 Å².